The van der Waals surface area contributed by atoms with Gasteiger partial charge in [0.2, 0.25) is 6.08 Å². The first-order valence-electron chi connectivity index (χ1n) is 3.65. The van der Waals surface area contributed by atoms with Crippen LogP contribution < -0.4 is 10.5 Å². The summed E-state index contributed by atoms with van der Waals surface area (Å²) in [7, 11) is 0. The number of alkyl halides is 3. The molecule has 0 spiro atoms. The van der Waals surface area contributed by atoms with Gasteiger partial charge >= 0.3 is 6.36 Å². The van der Waals surface area contributed by atoms with E-state index in [-0.39, 0.29) is 5.69 Å². The van der Waals surface area contributed by atoms with Gasteiger partial charge in [-0.1, -0.05) is 0 Å². The highest BCUT2D eigenvalue weighted by Gasteiger charge is 2.32. The van der Waals surface area contributed by atoms with Crippen molar-refractivity contribution in [2.24, 2.45) is 0 Å². The zero-order valence-corrected chi connectivity index (χ0v) is 7.64. The molecule has 0 unspecified atom stereocenters. The number of carbonyl (C=O) groups excluding carboxylic acids is 1. The fraction of sp³-hybridized carbons (Fsp3) is 0.125. The van der Waals surface area contributed by atoms with E-state index < -0.39 is 17.9 Å². The highest BCUT2D eigenvalue weighted by atomic mass is 19.4. The van der Waals surface area contributed by atoms with Crippen LogP contribution in [0.1, 0.15) is 0 Å². The van der Waals surface area contributed by atoms with E-state index in [1.54, 1.807) is 0 Å². The Morgan fingerprint density at radius 2 is 1.88 bits per heavy atom. The van der Waals surface area contributed by atoms with Crippen molar-refractivity contribution in [2.75, 3.05) is 5.73 Å². The van der Waals surface area contributed by atoms with Gasteiger partial charge in [0, 0.05) is 11.8 Å². The van der Waals surface area contributed by atoms with Gasteiger partial charge in [0.05, 0.1) is 0 Å². The molecule has 0 aliphatic rings. The third-order valence-electron chi connectivity index (χ3n) is 1.18. The Labute approximate surface area is 87.1 Å². The van der Waals surface area contributed by atoms with Gasteiger partial charge in [-0.25, -0.2) is 14.6 Å². The number of benzene rings is 1. The van der Waals surface area contributed by atoms with E-state index in [1.165, 1.54) is 0 Å². The topological polar surface area (TPSA) is 76.2 Å². The molecule has 0 bridgehead atoms. The molecule has 1 rings (SSSR count). The average Bonchev–Trinajstić information content (AvgIpc) is 2.09. The average molecular weight is 238 g/mol. The maximum atomic E-state index is 12.7. The quantitative estimate of drug-likeness (QED) is 0.341. The van der Waals surface area contributed by atoms with Gasteiger partial charge < -0.3 is 10.5 Å². The zero-order valence-electron chi connectivity index (χ0n) is 7.64. The molecule has 16 heavy (non-hydrogen) atoms. The molecule has 0 radical (unpaired) electrons. The van der Waals surface area contributed by atoms with E-state index in [1.807, 2.05) is 0 Å². The Balaban J connectivity index is 0.000000673. The number of halogens is 4. The van der Waals surface area contributed by atoms with Gasteiger partial charge in [0.25, 0.3) is 0 Å². The summed E-state index contributed by atoms with van der Waals surface area (Å²) in [6.07, 6.45) is -4.14. The first-order valence-corrected chi connectivity index (χ1v) is 3.65. The van der Waals surface area contributed by atoms with Crippen LogP contribution >= 0.6 is 0 Å². The van der Waals surface area contributed by atoms with E-state index in [9.17, 15) is 17.6 Å². The van der Waals surface area contributed by atoms with Gasteiger partial charge in [-0.05, 0) is 12.1 Å². The summed E-state index contributed by atoms with van der Waals surface area (Å²) >= 11 is 0. The van der Waals surface area contributed by atoms with Crippen molar-refractivity contribution in [1.82, 2.24) is 0 Å². The number of anilines is 1. The SMILES string of the molecule is N=C=O.Nc1ccc(OC(F)(F)F)c(F)c1. The first kappa shape index (κ1) is 13.9. The molecule has 1 aromatic carbocycles. The molecule has 0 fully saturated rings. The van der Waals surface area contributed by atoms with Crippen LogP contribution in [0.5, 0.6) is 5.75 Å². The minimum atomic E-state index is -4.89. The largest absolute Gasteiger partial charge is 0.573 e. The zero-order chi connectivity index (χ0) is 12.8. The molecule has 0 heterocycles. The third kappa shape index (κ3) is 5.61. The summed E-state index contributed by atoms with van der Waals surface area (Å²) in [5.74, 6) is -2.03. The lowest BCUT2D eigenvalue weighted by Crippen LogP contribution is -2.17. The van der Waals surface area contributed by atoms with Gasteiger partial charge in [-0.2, -0.15) is 0 Å². The lowest BCUT2D eigenvalue weighted by molar-refractivity contribution is -0.275. The molecule has 0 aliphatic heterocycles. The molecule has 1 aromatic rings. The minimum absolute atomic E-state index is 0.0343. The van der Waals surface area contributed by atoms with Crippen LogP contribution in [0, 0.1) is 11.2 Å². The van der Waals surface area contributed by atoms with Crippen molar-refractivity contribution in [2.45, 2.75) is 6.36 Å². The van der Waals surface area contributed by atoms with Crippen LogP contribution in [0.15, 0.2) is 18.2 Å². The summed E-state index contributed by atoms with van der Waals surface area (Å²) < 4.78 is 50.8. The molecule has 0 amide bonds. The molecule has 0 aliphatic carbocycles. The molecule has 4 nitrogen and oxygen atoms in total. The highest BCUT2D eigenvalue weighted by Crippen LogP contribution is 2.26. The molecular weight excluding hydrogens is 232 g/mol. The van der Waals surface area contributed by atoms with Crippen LogP contribution in [0.4, 0.5) is 23.2 Å². The Morgan fingerprint density at radius 1 is 1.38 bits per heavy atom. The number of isocyanates is 1. The minimum Gasteiger partial charge on any atom is -0.403 e. The monoisotopic (exact) mass is 238 g/mol. The number of nitrogen functional groups attached to an aromatic ring is 1. The standard InChI is InChI=1S/C7H5F4NO.CHNO/c8-5-3-4(12)1-2-6(5)13-7(9,10)11;2-1-3/h1-3H,12H2;2H. The predicted octanol–water partition coefficient (Wildman–Crippen LogP) is 2.21. The predicted molar refractivity (Wildman–Crippen MR) is 45.9 cm³/mol. The molecule has 0 aromatic heterocycles. The number of nitrogens with one attached hydrogen (secondary N) is 1. The number of rotatable bonds is 1. The van der Waals surface area contributed by atoms with E-state index in [2.05, 4.69) is 4.74 Å². The molecule has 3 N–H and O–H groups in total. The van der Waals surface area contributed by atoms with E-state index in [0.717, 1.165) is 24.3 Å². The number of hydrogen-bond donors (Lipinski definition) is 2. The third-order valence-corrected chi connectivity index (χ3v) is 1.18. The second-order valence-corrected chi connectivity index (χ2v) is 2.34. The van der Waals surface area contributed by atoms with Gasteiger partial charge in [-0.15, -0.1) is 13.2 Å². The number of ether oxygens (including phenoxy) is 1. The smallest absolute Gasteiger partial charge is 0.403 e. The van der Waals surface area contributed by atoms with Crippen molar-refractivity contribution in [3.8, 4) is 5.75 Å². The van der Waals surface area contributed by atoms with Crippen molar-refractivity contribution in [3.63, 3.8) is 0 Å². The summed E-state index contributed by atoms with van der Waals surface area (Å²) in [5, 5.41) is 5.40. The van der Waals surface area contributed by atoms with Crippen LogP contribution in [0.25, 0.3) is 0 Å². The Kier molecular flexibility index (Phi) is 4.97. The fourth-order valence-electron chi connectivity index (χ4n) is 0.725. The first-order chi connectivity index (χ1) is 7.30. The van der Waals surface area contributed by atoms with Crippen LogP contribution in [-0.2, 0) is 4.79 Å². The van der Waals surface area contributed by atoms with Crippen molar-refractivity contribution in [3.05, 3.63) is 24.0 Å². The van der Waals surface area contributed by atoms with Crippen molar-refractivity contribution < 1.29 is 27.1 Å². The number of hydrogen-bond acceptors (Lipinski definition) is 4. The summed E-state index contributed by atoms with van der Waals surface area (Å²) in [6, 6.07) is 2.68. The lowest BCUT2D eigenvalue weighted by atomic mass is 10.3. The molecule has 0 atom stereocenters. The normalized spacial score (nSPS) is 9.75. The van der Waals surface area contributed by atoms with Gasteiger partial charge in [0.1, 0.15) is 0 Å². The summed E-state index contributed by atoms with van der Waals surface area (Å²) in [5.41, 5.74) is 5.15. The van der Waals surface area contributed by atoms with Gasteiger partial charge in [0.15, 0.2) is 11.6 Å². The maximum Gasteiger partial charge on any atom is 0.573 e. The lowest BCUT2D eigenvalue weighted by Gasteiger charge is -2.09. The highest BCUT2D eigenvalue weighted by molar-refractivity contribution is 5.42. The molecule has 8 heteroatoms. The second kappa shape index (κ2) is 5.72. The van der Waals surface area contributed by atoms with Gasteiger partial charge in [-0.3, -0.25) is 0 Å². The Morgan fingerprint density at radius 3 is 2.25 bits per heavy atom. The van der Waals surface area contributed by atoms with Crippen LogP contribution in [0.3, 0.4) is 0 Å². The maximum absolute atomic E-state index is 12.7. The number of nitrogens with two attached hydrogens (primary N) is 1. The Hall–Kier alpha value is -2.08. The fourth-order valence-corrected chi connectivity index (χ4v) is 0.725. The van der Waals surface area contributed by atoms with E-state index in [4.69, 9.17) is 15.9 Å². The second-order valence-electron chi connectivity index (χ2n) is 2.34. The van der Waals surface area contributed by atoms with Crippen LogP contribution in [0.2, 0.25) is 0 Å². The molecule has 0 saturated carbocycles. The van der Waals surface area contributed by atoms with Crippen LogP contribution in [-0.4, -0.2) is 12.4 Å². The molecule has 0 saturated heterocycles. The van der Waals surface area contributed by atoms with Crippen molar-refractivity contribution in [1.29, 1.82) is 5.41 Å². The van der Waals surface area contributed by atoms with E-state index in [0.29, 0.717) is 0 Å². The van der Waals surface area contributed by atoms with E-state index >= 15 is 0 Å². The molecular formula is C8H6F4N2O2. The summed E-state index contributed by atoms with van der Waals surface area (Å²) in [4.78, 5) is 8.35. The van der Waals surface area contributed by atoms with Crippen molar-refractivity contribution >= 4 is 11.8 Å². The molecule has 88 valence electrons. The summed E-state index contributed by atoms with van der Waals surface area (Å²) in [6.45, 7) is 0. The Bertz CT molecular complexity index is 386.